The summed E-state index contributed by atoms with van der Waals surface area (Å²) in [4.78, 5) is 12.8. The van der Waals surface area contributed by atoms with Crippen molar-refractivity contribution in [1.29, 1.82) is 0 Å². The highest BCUT2D eigenvalue weighted by molar-refractivity contribution is 5.69. The minimum Gasteiger partial charge on any atom is -0.466 e. The van der Waals surface area contributed by atoms with Crippen LogP contribution in [-0.2, 0) is 20.7 Å². The fourth-order valence-electron chi connectivity index (χ4n) is 13.4. The molecule has 0 bridgehead atoms. The molecule has 5 nitrogen and oxygen atoms in total. The van der Waals surface area contributed by atoms with Crippen LogP contribution in [0.3, 0.4) is 0 Å². The SMILES string of the molecule is CCCCCCCCCCCCCCCCCCOC(=O)CC[C@@H](C)[C@H]1CC[C@H]2[C@@H]3CCC4CC(OCCCCc5cc(N)cc(N)c5)CC[C@]4(C)[C@H]3CC[C@]12C. The summed E-state index contributed by atoms with van der Waals surface area (Å²) < 4.78 is 12.3. The van der Waals surface area contributed by atoms with Gasteiger partial charge < -0.3 is 20.9 Å². The molecule has 4 aliphatic carbocycles. The molecule has 0 amide bonds. The van der Waals surface area contributed by atoms with Crippen LogP contribution in [0.1, 0.15) is 219 Å². The average molecular weight is 791 g/mol. The molecule has 4 N–H and O–H groups in total. The minimum absolute atomic E-state index is 0.0421. The molecule has 5 rings (SSSR count). The molecule has 5 heteroatoms. The van der Waals surface area contributed by atoms with E-state index in [0.717, 1.165) is 79.7 Å². The van der Waals surface area contributed by atoms with E-state index in [2.05, 4.69) is 39.8 Å². The maximum absolute atomic E-state index is 12.8. The Morgan fingerprint density at radius 2 is 1.26 bits per heavy atom. The number of ether oxygens (including phenoxy) is 2. The molecule has 0 spiro atoms. The zero-order valence-electron chi connectivity index (χ0n) is 37.8. The fourth-order valence-corrected chi connectivity index (χ4v) is 13.4. The molecule has 0 heterocycles. The molecule has 4 aliphatic rings. The van der Waals surface area contributed by atoms with Crippen molar-refractivity contribution in [3.63, 3.8) is 0 Å². The van der Waals surface area contributed by atoms with Crippen molar-refractivity contribution in [1.82, 2.24) is 0 Å². The molecular weight excluding hydrogens is 701 g/mol. The van der Waals surface area contributed by atoms with Crippen molar-refractivity contribution in [3.05, 3.63) is 23.8 Å². The summed E-state index contributed by atoms with van der Waals surface area (Å²) in [6.07, 6.45) is 39.4. The minimum atomic E-state index is 0.0421. The number of esters is 1. The third-order valence-electron chi connectivity index (χ3n) is 16.7. The Kier molecular flexibility index (Phi) is 19.4. The third kappa shape index (κ3) is 13.6. The fraction of sp³-hybridized carbons (Fsp3) is 0.865. The molecule has 0 saturated heterocycles. The monoisotopic (exact) mass is 791 g/mol. The normalized spacial score (nSPS) is 30.0. The van der Waals surface area contributed by atoms with E-state index in [4.69, 9.17) is 20.9 Å². The average Bonchev–Trinajstić information content (AvgIpc) is 3.55. The Hall–Kier alpha value is -1.75. The zero-order chi connectivity index (χ0) is 40.5. The summed E-state index contributed by atoms with van der Waals surface area (Å²) in [6.45, 7) is 11.6. The van der Waals surface area contributed by atoms with E-state index >= 15 is 0 Å². The van der Waals surface area contributed by atoms with Crippen molar-refractivity contribution in [2.24, 2.45) is 46.3 Å². The Morgan fingerprint density at radius 3 is 1.91 bits per heavy atom. The smallest absolute Gasteiger partial charge is 0.305 e. The molecule has 4 fully saturated rings. The standard InChI is InChI=1S/C52H90N2O3/c1-5-6-7-8-9-10-11-12-13-14-15-16-17-18-19-21-35-57-50(55)29-24-40(2)47-27-28-48-46-26-25-42-38-45(30-32-51(42,3)49(46)31-33-52(47,48)4)56-34-22-20-23-41-36-43(53)39-44(54)37-41/h36-37,39-40,42,45-49H,5-35,38,53-54H2,1-4H3/t40-,42?,45?,46+,47-,48+,49+,51+,52-/m1/s1. The summed E-state index contributed by atoms with van der Waals surface area (Å²) in [7, 11) is 0. The van der Waals surface area contributed by atoms with Gasteiger partial charge in [0.25, 0.3) is 0 Å². The molecule has 0 aliphatic heterocycles. The van der Waals surface area contributed by atoms with E-state index in [1.165, 1.54) is 160 Å². The van der Waals surface area contributed by atoms with Gasteiger partial charge in [0.1, 0.15) is 0 Å². The molecule has 1 aromatic carbocycles. The second kappa shape index (κ2) is 23.9. The Bertz CT molecular complexity index is 1280. The van der Waals surface area contributed by atoms with Crippen molar-refractivity contribution < 1.29 is 14.3 Å². The number of nitrogens with two attached hydrogens (primary N) is 2. The zero-order valence-corrected chi connectivity index (χ0v) is 37.8. The molecular formula is C52H90N2O3. The summed E-state index contributed by atoms with van der Waals surface area (Å²) in [5.74, 6) is 4.86. The molecule has 4 saturated carbocycles. The number of unbranched alkanes of at least 4 members (excludes halogenated alkanes) is 16. The molecule has 57 heavy (non-hydrogen) atoms. The predicted molar refractivity (Wildman–Crippen MR) is 242 cm³/mol. The number of aryl methyl sites for hydroxylation is 1. The van der Waals surface area contributed by atoms with Crippen LogP contribution < -0.4 is 11.5 Å². The summed E-state index contributed by atoms with van der Waals surface area (Å²) >= 11 is 0. The lowest BCUT2D eigenvalue weighted by Crippen LogP contribution is -2.54. The van der Waals surface area contributed by atoms with Crippen LogP contribution >= 0.6 is 0 Å². The van der Waals surface area contributed by atoms with Gasteiger partial charge in [0.15, 0.2) is 0 Å². The lowest BCUT2D eigenvalue weighted by Gasteiger charge is -2.61. The second-order valence-electron chi connectivity index (χ2n) is 20.7. The van der Waals surface area contributed by atoms with Crippen molar-refractivity contribution in [3.8, 4) is 0 Å². The summed E-state index contributed by atoms with van der Waals surface area (Å²) in [5, 5.41) is 0. The first-order valence-electron chi connectivity index (χ1n) is 25.1. The van der Waals surface area contributed by atoms with Gasteiger partial charge in [0, 0.05) is 24.4 Å². The second-order valence-corrected chi connectivity index (χ2v) is 20.7. The lowest BCUT2D eigenvalue weighted by atomic mass is 9.44. The molecule has 326 valence electrons. The van der Waals surface area contributed by atoms with Gasteiger partial charge in [-0.25, -0.2) is 0 Å². The van der Waals surface area contributed by atoms with Crippen molar-refractivity contribution >= 4 is 17.3 Å². The Balaban J connectivity index is 0.909. The van der Waals surface area contributed by atoms with Crippen LogP contribution in [0.4, 0.5) is 11.4 Å². The van der Waals surface area contributed by atoms with Gasteiger partial charge in [-0.2, -0.15) is 0 Å². The van der Waals surface area contributed by atoms with E-state index < -0.39 is 0 Å². The largest absolute Gasteiger partial charge is 0.466 e. The van der Waals surface area contributed by atoms with Crippen LogP contribution in [0.2, 0.25) is 0 Å². The van der Waals surface area contributed by atoms with Gasteiger partial charge >= 0.3 is 5.97 Å². The highest BCUT2D eigenvalue weighted by atomic mass is 16.5. The van der Waals surface area contributed by atoms with Gasteiger partial charge in [0.05, 0.1) is 12.7 Å². The van der Waals surface area contributed by atoms with Crippen molar-refractivity contribution in [2.45, 2.75) is 226 Å². The topological polar surface area (TPSA) is 87.6 Å². The number of nitrogen functional groups attached to an aromatic ring is 2. The quantitative estimate of drug-likeness (QED) is 0.0526. The number of anilines is 2. The number of carbonyl (C=O) groups excluding carboxylic acids is 1. The number of hydrogen-bond acceptors (Lipinski definition) is 5. The number of rotatable bonds is 27. The van der Waals surface area contributed by atoms with Gasteiger partial charge in [-0.1, -0.05) is 124 Å². The highest BCUT2D eigenvalue weighted by Crippen LogP contribution is 2.68. The van der Waals surface area contributed by atoms with Crippen molar-refractivity contribution in [2.75, 3.05) is 24.7 Å². The van der Waals surface area contributed by atoms with Crippen LogP contribution in [0.5, 0.6) is 0 Å². The first-order valence-corrected chi connectivity index (χ1v) is 25.1. The highest BCUT2D eigenvalue weighted by Gasteiger charge is 2.60. The summed E-state index contributed by atoms with van der Waals surface area (Å²) in [6, 6.07) is 5.94. The first-order chi connectivity index (χ1) is 27.6. The maximum Gasteiger partial charge on any atom is 0.305 e. The van der Waals surface area contributed by atoms with Gasteiger partial charge in [-0.3, -0.25) is 4.79 Å². The number of hydrogen-bond donors (Lipinski definition) is 2. The first kappa shape index (κ1) is 46.3. The van der Waals surface area contributed by atoms with Gasteiger partial charge in [0.2, 0.25) is 0 Å². The molecule has 1 aromatic rings. The molecule has 0 radical (unpaired) electrons. The third-order valence-corrected chi connectivity index (χ3v) is 16.7. The summed E-state index contributed by atoms with van der Waals surface area (Å²) in [5.41, 5.74) is 15.7. The predicted octanol–water partition coefficient (Wildman–Crippen LogP) is 14.4. The van der Waals surface area contributed by atoms with Crippen LogP contribution in [0, 0.1) is 46.3 Å². The van der Waals surface area contributed by atoms with E-state index in [1.54, 1.807) is 0 Å². The molecule has 0 aromatic heterocycles. The maximum atomic E-state index is 12.8. The molecule has 2 unspecified atom stereocenters. The van der Waals surface area contributed by atoms with E-state index in [9.17, 15) is 4.79 Å². The van der Waals surface area contributed by atoms with E-state index in [1.807, 2.05) is 6.07 Å². The van der Waals surface area contributed by atoms with Crippen LogP contribution in [0.15, 0.2) is 18.2 Å². The number of carbonyl (C=O) groups is 1. The lowest BCUT2D eigenvalue weighted by molar-refractivity contribution is -0.145. The molecule has 9 atom stereocenters. The van der Waals surface area contributed by atoms with Crippen LogP contribution in [0.25, 0.3) is 0 Å². The van der Waals surface area contributed by atoms with Gasteiger partial charge in [-0.15, -0.1) is 0 Å². The van der Waals surface area contributed by atoms with Crippen LogP contribution in [-0.4, -0.2) is 25.3 Å². The Labute approximate surface area is 351 Å². The van der Waals surface area contributed by atoms with Gasteiger partial charge in [-0.05, 0) is 160 Å². The number of fused-ring (bicyclic) bond motifs is 5. The van der Waals surface area contributed by atoms with E-state index in [0.29, 0.717) is 35.9 Å². The Morgan fingerprint density at radius 1 is 0.684 bits per heavy atom. The number of benzene rings is 1. The van der Waals surface area contributed by atoms with E-state index in [-0.39, 0.29) is 5.97 Å².